The fourth-order valence-corrected chi connectivity index (χ4v) is 4.56. The summed E-state index contributed by atoms with van der Waals surface area (Å²) in [7, 11) is -4.12. The lowest BCUT2D eigenvalue weighted by Crippen LogP contribution is -2.28. The van der Waals surface area contributed by atoms with Gasteiger partial charge in [0, 0.05) is 18.1 Å². The molecule has 1 heterocycles. The number of carbonyl (C=O) groups is 2. The van der Waals surface area contributed by atoms with Gasteiger partial charge >= 0.3 is 5.97 Å². The van der Waals surface area contributed by atoms with Gasteiger partial charge in [0.2, 0.25) is 0 Å². The monoisotopic (exact) mass is 472 g/mol. The van der Waals surface area contributed by atoms with Crippen LogP contribution in [0.4, 0.5) is 5.69 Å². The van der Waals surface area contributed by atoms with Crippen LogP contribution in [0.3, 0.4) is 0 Å². The van der Waals surface area contributed by atoms with Crippen LogP contribution in [0.2, 0.25) is 10.0 Å². The summed E-state index contributed by atoms with van der Waals surface area (Å²) in [6.45, 7) is 0.608. The van der Waals surface area contributed by atoms with E-state index >= 15 is 0 Å². The van der Waals surface area contributed by atoms with Crippen molar-refractivity contribution in [1.82, 2.24) is 4.90 Å². The van der Waals surface area contributed by atoms with Gasteiger partial charge in [0.05, 0.1) is 21.2 Å². The molecule has 160 valence electrons. The van der Waals surface area contributed by atoms with Gasteiger partial charge in [-0.25, -0.2) is 13.2 Å². The standard InChI is InChI=1S/C19H18Cl2N2O6S/c20-12-3-5-14(19(26)23-7-1-2-8-23)16(9-12)22-30(27,28)13-4-6-17(15(21)10-13)29-11-18(24)25/h3-6,9-10,22H,1-2,7-8,11H2,(H,24,25). The number of ether oxygens (including phenoxy) is 1. The Hall–Kier alpha value is -2.49. The molecule has 30 heavy (non-hydrogen) atoms. The van der Waals surface area contributed by atoms with E-state index in [-0.39, 0.29) is 37.8 Å². The number of aliphatic carboxylic acids is 1. The van der Waals surface area contributed by atoms with E-state index in [1.807, 2.05) is 0 Å². The number of carboxylic acids is 1. The second-order valence-electron chi connectivity index (χ2n) is 6.57. The zero-order chi connectivity index (χ0) is 21.9. The Kier molecular flexibility index (Phi) is 6.74. The Balaban J connectivity index is 1.88. The number of amides is 1. The van der Waals surface area contributed by atoms with E-state index in [4.69, 9.17) is 33.0 Å². The minimum atomic E-state index is -4.12. The molecule has 8 nitrogen and oxygen atoms in total. The molecule has 0 saturated carbocycles. The molecule has 0 bridgehead atoms. The van der Waals surface area contributed by atoms with E-state index < -0.39 is 22.6 Å². The molecular formula is C19H18Cl2N2O6S. The van der Waals surface area contributed by atoms with Gasteiger partial charge in [-0.1, -0.05) is 23.2 Å². The Labute approximate surface area is 183 Å². The summed E-state index contributed by atoms with van der Waals surface area (Å²) in [6, 6.07) is 7.98. The summed E-state index contributed by atoms with van der Waals surface area (Å²) in [4.78, 5) is 24.9. The van der Waals surface area contributed by atoms with Crippen LogP contribution in [0.5, 0.6) is 5.75 Å². The number of sulfonamides is 1. The fraction of sp³-hybridized carbons (Fsp3) is 0.263. The van der Waals surface area contributed by atoms with Crippen LogP contribution in [-0.2, 0) is 14.8 Å². The summed E-state index contributed by atoms with van der Waals surface area (Å²) >= 11 is 12.0. The van der Waals surface area contributed by atoms with E-state index in [1.54, 1.807) is 4.90 Å². The summed E-state index contributed by atoms with van der Waals surface area (Å²) in [6.07, 6.45) is 1.80. The zero-order valence-corrected chi connectivity index (χ0v) is 17.9. The molecule has 2 aromatic rings. The number of hydrogen-bond donors (Lipinski definition) is 2. The molecule has 0 unspecified atom stereocenters. The number of halogens is 2. The molecule has 1 amide bonds. The number of rotatable bonds is 7. The maximum absolute atomic E-state index is 12.9. The van der Waals surface area contributed by atoms with Crippen molar-refractivity contribution >= 4 is 50.8 Å². The predicted molar refractivity (Wildman–Crippen MR) is 112 cm³/mol. The lowest BCUT2D eigenvalue weighted by molar-refractivity contribution is -0.139. The maximum atomic E-state index is 12.9. The second-order valence-corrected chi connectivity index (χ2v) is 9.10. The first kappa shape index (κ1) is 22.2. The first-order valence-electron chi connectivity index (χ1n) is 8.93. The summed E-state index contributed by atoms with van der Waals surface area (Å²) in [5.41, 5.74) is 0.249. The Morgan fingerprint density at radius 1 is 1.10 bits per heavy atom. The molecule has 3 rings (SSSR count). The minimum Gasteiger partial charge on any atom is -0.480 e. The lowest BCUT2D eigenvalue weighted by atomic mass is 10.1. The third-order valence-corrected chi connectivity index (χ3v) is 6.31. The number of carboxylic acid groups (broad SMARTS) is 1. The topological polar surface area (TPSA) is 113 Å². The van der Waals surface area contributed by atoms with Crippen LogP contribution < -0.4 is 9.46 Å². The van der Waals surface area contributed by atoms with Crippen molar-refractivity contribution in [3.05, 3.63) is 52.0 Å². The van der Waals surface area contributed by atoms with Crippen LogP contribution in [0.25, 0.3) is 0 Å². The third-order valence-electron chi connectivity index (χ3n) is 4.41. The van der Waals surface area contributed by atoms with Gasteiger partial charge < -0.3 is 14.7 Å². The van der Waals surface area contributed by atoms with E-state index in [2.05, 4.69) is 4.72 Å². The van der Waals surface area contributed by atoms with Crippen LogP contribution in [-0.4, -0.2) is 50.0 Å². The highest BCUT2D eigenvalue weighted by atomic mass is 35.5. The highest BCUT2D eigenvalue weighted by molar-refractivity contribution is 7.92. The molecule has 0 atom stereocenters. The number of likely N-dealkylation sites (tertiary alicyclic amines) is 1. The number of anilines is 1. The number of hydrogen-bond acceptors (Lipinski definition) is 5. The van der Waals surface area contributed by atoms with Gasteiger partial charge in [0.25, 0.3) is 15.9 Å². The minimum absolute atomic E-state index is 0.0330. The van der Waals surface area contributed by atoms with Crippen molar-refractivity contribution in [2.45, 2.75) is 17.7 Å². The highest BCUT2D eigenvalue weighted by Crippen LogP contribution is 2.30. The van der Waals surface area contributed by atoms with Crippen molar-refractivity contribution in [3.8, 4) is 5.75 Å². The van der Waals surface area contributed by atoms with E-state index in [0.717, 1.165) is 18.9 Å². The van der Waals surface area contributed by atoms with Crippen LogP contribution >= 0.6 is 23.2 Å². The highest BCUT2D eigenvalue weighted by Gasteiger charge is 2.25. The molecule has 0 aliphatic carbocycles. The van der Waals surface area contributed by atoms with Crippen molar-refractivity contribution in [1.29, 1.82) is 0 Å². The van der Waals surface area contributed by atoms with Crippen molar-refractivity contribution in [3.63, 3.8) is 0 Å². The number of benzene rings is 2. The summed E-state index contributed by atoms with van der Waals surface area (Å²) < 4.78 is 33.1. The van der Waals surface area contributed by atoms with Crippen LogP contribution in [0.15, 0.2) is 41.3 Å². The molecule has 1 fully saturated rings. The summed E-state index contributed by atoms with van der Waals surface area (Å²) in [5.74, 6) is -1.44. The number of nitrogens with zero attached hydrogens (tertiary/aromatic N) is 1. The van der Waals surface area contributed by atoms with Crippen molar-refractivity contribution < 1.29 is 27.9 Å². The third kappa shape index (κ3) is 5.16. The van der Waals surface area contributed by atoms with E-state index in [1.165, 1.54) is 30.3 Å². The van der Waals surface area contributed by atoms with Gasteiger partial charge in [-0.2, -0.15) is 0 Å². The van der Waals surface area contributed by atoms with Crippen LogP contribution in [0.1, 0.15) is 23.2 Å². The average molecular weight is 473 g/mol. The van der Waals surface area contributed by atoms with Gasteiger partial charge in [0.1, 0.15) is 5.75 Å². The number of nitrogens with one attached hydrogen (secondary N) is 1. The fourth-order valence-electron chi connectivity index (χ4n) is 2.99. The van der Waals surface area contributed by atoms with Gasteiger partial charge in [0.15, 0.2) is 6.61 Å². The normalized spacial score (nSPS) is 13.9. The molecule has 0 aromatic heterocycles. The van der Waals surface area contributed by atoms with Gasteiger partial charge in [-0.05, 0) is 49.2 Å². The first-order valence-corrected chi connectivity index (χ1v) is 11.2. The molecule has 1 saturated heterocycles. The first-order chi connectivity index (χ1) is 14.2. The second kappa shape index (κ2) is 9.11. The predicted octanol–water partition coefficient (Wildman–Crippen LogP) is 3.49. The zero-order valence-electron chi connectivity index (χ0n) is 15.6. The lowest BCUT2D eigenvalue weighted by Gasteiger charge is -2.19. The molecule has 1 aliphatic rings. The molecular weight excluding hydrogens is 455 g/mol. The molecule has 2 N–H and O–H groups in total. The Morgan fingerprint density at radius 2 is 1.80 bits per heavy atom. The molecule has 1 aliphatic heterocycles. The molecule has 0 radical (unpaired) electrons. The Bertz CT molecular complexity index is 1080. The average Bonchev–Trinajstić information content (AvgIpc) is 3.21. The van der Waals surface area contributed by atoms with E-state index in [9.17, 15) is 18.0 Å². The van der Waals surface area contributed by atoms with Crippen molar-refractivity contribution in [2.75, 3.05) is 24.4 Å². The van der Waals surface area contributed by atoms with Crippen molar-refractivity contribution in [2.24, 2.45) is 0 Å². The van der Waals surface area contributed by atoms with Crippen LogP contribution in [0, 0.1) is 0 Å². The molecule has 0 spiro atoms. The number of carbonyl (C=O) groups excluding carboxylic acids is 1. The largest absolute Gasteiger partial charge is 0.480 e. The Morgan fingerprint density at radius 3 is 2.43 bits per heavy atom. The van der Waals surface area contributed by atoms with Gasteiger partial charge in [-0.15, -0.1) is 0 Å². The summed E-state index contributed by atoms with van der Waals surface area (Å²) in [5, 5.41) is 8.86. The molecule has 2 aromatic carbocycles. The SMILES string of the molecule is O=C(O)COc1ccc(S(=O)(=O)Nc2cc(Cl)ccc2C(=O)N2CCCC2)cc1Cl. The van der Waals surface area contributed by atoms with Gasteiger partial charge in [-0.3, -0.25) is 9.52 Å². The maximum Gasteiger partial charge on any atom is 0.341 e. The molecule has 11 heteroatoms. The smallest absolute Gasteiger partial charge is 0.341 e. The quantitative estimate of drug-likeness (QED) is 0.637. The van der Waals surface area contributed by atoms with E-state index in [0.29, 0.717) is 13.1 Å².